The van der Waals surface area contributed by atoms with Crippen LogP contribution in [-0.2, 0) is 0 Å². The van der Waals surface area contributed by atoms with Crippen LogP contribution in [0.1, 0.15) is 45.1 Å². The highest BCUT2D eigenvalue weighted by molar-refractivity contribution is 5.31. The van der Waals surface area contributed by atoms with Gasteiger partial charge in [0.2, 0.25) is 0 Å². The zero-order valence-corrected chi connectivity index (χ0v) is 9.21. The SMILES string of the molecule is CC(C)(C)Oc1ccc(C2CC2)cc1. The maximum atomic E-state index is 5.76. The standard InChI is InChI=1S/C13H18O/c1-13(2,3)14-12-8-6-11(7-9-12)10-4-5-10/h6-10H,4-5H2,1-3H3. The highest BCUT2D eigenvalue weighted by Crippen LogP contribution is 2.40. The predicted octanol–water partition coefficient (Wildman–Crippen LogP) is 3.74. The van der Waals surface area contributed by atoms with Gasteiger partial charge in [-0.05, 0) is 57.2 Å². The molecule has 1 aromatic carbocycles. The van der Waals surface area contributed by atoms with Crippen molar-refractivity contribution in [3.8, 4) is 5.75 Å². The van der Waals surface area contributed by atoms with E-state index in [0.29, 0.717) is 0 Å². The van der Waals surface area contributed by atoms with E-state index in [1.54, 1.807) is 0 Å². The van der Waals surface area contributed by atoms with Crippen molar-refractivity contribution in [3.05, 3.63) is 29.8 Å². The number of rotatable bonds is 2. The zero-order chi connectivity index (χ0) is 10.2. The van der Waals surface area contributed by atoms with Crippen LogP contribution in [0, 0.1) is 0 Å². The third-order valence-corrected chi connectivity index (χ3v) is 2.35. The Balaban J connectivity index is 2.06. The van der Waals surface area contributed by atoms with Gasteiger partial charge >= 0.3 is 0 Å². The molecule has 0 aromatic heterocycles. The van der Waals surface area contributed by atoms with E-state index < -0.39 is 0 Å². The van der Waals surface area contributed by atoms with E-state index in [9.17, 15) is 0 Å². The molecule has 1 aliphatic rings. The summed E-state index contributed by atoms with van der Waals surface area (Å²) < 4.78 is 5.76. The monoisotopic (exact) mass is 190 g/mol. The summed E-state index contributed by atoms with van der Waals surface area (Å²) in [6.07, 6.45) is 2.72. The van der Waals surface area contributed by atoms with Crippen LogP contribution >= 0.6 is 0 Å². The topological polar surface area (TPSA) is 9.23 Å². The molecule has 0 spiro atoms. The Morgan fingerprint density at radius 1 is 1.07 bits per heavy atom. The molecule has 0 N–H and O–H groups in total. The molecule has 76 valence electrons. The molecule has 2 rings (SSSR count). The Labute approximate surface area is 86.1 Å². The summed E-state index contributed by atoms with van der Waals surface area (Å²) in [6, 6.07) is 8.55. The van der Waals surface area contributed by atoms with Crippen LogP contribution in [0.2, 0.25) is 0 Å². The second-order valence-electron chi connectivity index (χ2n) is 5.06. The average Bonchev–Trinajstić information content (AvgIpc) is 2.85. The summed E-state index contributed by atoms with van der Waals surface area (Å²) in [7, 11) is 0. The fraction of sp³-hybridized carbons (Fsp3) is 0.538. The Bertz CT molecular complexity index is 301. The first kappa shape index (κ1) is 9.57. The number of ether oxygens (including phenoxy) is 1. The van der Waals surface area contributed by atoms with Gasteiger partial charge in [0.1, 0.15) is 11.4 Å². The quantitative estimate of drug-likeness (QED) is 0.690. The Kier molecular flexibility index (Phi) is 2.26. The summed E-state index contributed by atoms with van der Waals surface area (Å²) in [4.78, 5) is 0. The maximum absolute atomic E-state index is 5.76. The first-order valence-corrected chi connectivity index (χ1v) is 5.33. The fourth-order valence-corrected chi connectivity index (χ4v) is 1.58. The molecule has 1 saturated carbocycles. The van der Waals surface area contributed by atoms with Crippen molar-refractivity contribution in [2.75, 3.05) is 0 Å². The van der Waals surface area contributed by atoms with Gasteiger partial charge in [-0.1, -0.05) is 12.1 Å². The molecular formula is C13H18O. The van der Waals surface area contributed by atoms with Gasteiger partial charge in [0.25, 0.3) is 0 Å². The summed E-state index contributed by atoms with van der Waals surface area (Å²) in [5.74, 6) is 1.81. The van der Waals surface area contributed by atoms with Crippen molar-refractivity contribution >= 4 is 0 Å². The van der Waals surface area contributed by atoms with Gasteiger partial charge in [0.15, 0.2) is 0 Å². The molecule has 0 amide bonds. The van der Waals surface area contributed by atoms with Gasteiger partial charge in [-0.25, -0.2) is 0 Å². The van der Waals surface area contributed by atoms with Crippen molar-refractivity contribution in [1.29, 1.82) is 0 Å². The highest BCUT2D eigenvalue weighted by Gasteiger charge is 2.23. The average molecular weight is 190 g/mol. The molecule has 0 heterocycles. The molecule has 1 aliphatic carbocycles. The van der Waals surface area contributed by atoms with Crippen LogP contribution in [0.5, 0.6) is 5.75 Å². The van der Waals surface area contributed by atoms with Gasteiger partial charge in [-0.3, -0.25) is 0 Å². The van der Waals surface area contributed by atoms with E-state index in [0.717, 1.165) is 11.7 Å². The Hall–Kier alpha value is -0.980. The van der Waals surface area contributed by atoms with Crippen molar-refractivity contribution in [2.45, 2.75) is 45.1 Å². The molecule has 14 heavy (non-hydrogen) atoms. The van der Waals surface area contributed by atoms with E-state index in [4.69, 9.17) is 4.74 Å². The number of hydrogen-bond donors (Lipinski definition) is 0. The minimum absolute atomic E-state index is 0.0961. The lowest BCUT2D eigenvalue weighted by molar-refractivity contribution is 0.131. The van der Waals surface area contributed by atoms with Crippen LogP contribution in [0.3, 0.4) is 0 Å². The molecule has 1 heteroatoms. The van der Waals surface area contributed by atoms with Crippen molar-refractivity contribution in [3.63, 3.8) is 0 Å². The molecule has 1 nitrogen and oxygen atoms in total. The van der Waals surface area contributed by atoms with E-state index in [2.05, 4.69) is 45.0 Å². The lowest BCUT2D eigenvalue weighted by Gasteiger charge is -2.21. The van der Waals surface area contributed by atoms with Gasteiger partial charge in [0.05, 0.1) is 0 Å². The minimum atomic E-state index is -0.0961. The second-order valence-corrected chi connectivity index (χ2v) is 5.06. The molecule has 1 fully saturated rings. The van der Waals surface area contributed by atoms with Gasteiger partial charge in [-0.15, -0.1) is 0 Å². The van der Waals surface area contributed by atoms with Crippen molar-refractivity contribution in [2.24, 2.45) is 0 Å². The number of hydrogen-bond acceptors (Lipinski definition) is 1. The van der Waals surface area contributed by atoms with Crippen LogP contribution in [-0.4, -0.2) is 5.60 Å². The van der Waals surface area contributed by atoms with Gasteiger partial charge in [0, 0.05) is 0 Å². The minimum Gasteiger partial charge on any atom is -0.488 e. The molecule has 0 aliphatic heterocycles. The molecule has 1 aromatic rings. The van der Waals surface area contributed by atoms with Crippen molar-refractivity contribution in [1.82, 2.24) is 0 Å². The lowest BCUT2D eigenvalue weighted by atomic mass is 10.1. The van der Waals surface area contributed by atoms with Crippen LogP contribution in [0.25, 0.3) is 0 Å². The predicted molar refractivity (Wildman–Crippen MR) is 58.8 cm³/mol. The fourth-order valence-electron chi connectivity index (χ4n) is 1.58. The molecular weight excluding hydrogens is 172 g/mol. The molecule has 0 radical (unpaired) electrons. The first-order chi connectivity index (χ1) is 6.54. The summed E-state index contributed by atoms with van der Waals surface area (Å²) >= 11 is 0. The van der Waals surface area contributed by atoms with E-state index in [1.165, 1.54) is 18.4 Å². The zero-order valence-electron chi connectivity index (χ0n) is 9.21. The summed E-state index contributed by atoms with van der Waals surface area (Å²) in [6.45, 7) is 6.21. The second kappa shape index (κ2) is 3.30. The smallest absolute Gasteiger partial charge is 0.120 e. The molecule has 0 unspecified atom stereocenters. The van der Waals surface area contributed by atoms with Crippen LogP contribution in [0.4, 0.5) is 0 Å². The molecule has 0 atom stereocenters. The van der Waals surface area contributed by atoms with E-state index in [-0.39, 0.29) is 5.60 Å². The molecule has 0 saturated heterocycles. The first-order valence-electron chi connectivity index (χ1n) is 5.33. The third-order valence-electron chi connectivity index (χ3n) is 2.35. The summed E-state index contributed by atoms with van der Waals surface area (Å²) in [5.41, 5.74) is 1.37. The molecule has 0 bridgehead atoms. The Morgan fingerprint density at radius 2 is 1.64 bits per heavy atom. The normalized spacial score (nSPS) is 16.8. The van der Waals surface area contributed by atoms with Crippen LogP contribution in [0.15, 0.2) is 24.3 Å². The van der Waals surface area contributed by atoms with Crippen molar-refractivity contribution < 1.29 is 4.74 Å². The lowest BCUT2D eigenvalue weighted by Crippen LogP contribution is -2.22. The summed E-state index contributed by atoms with van der Waals surface area (Å²) in [5, 5.41) is 0. The highest BCUT2D eigenvalue weighted by atomic mass is 16.5. The van der Waals surface area contributed by atoms with Gasteiger partial charge < -0.3 is 4.74 Å². The Morgan fingerprint density at radius 3 is 2.07 bits per heavy atom. The van der Waals surface area contributed by atoms with E-state index >= 15 is 0 Å². The number of benzene rings is 1. The largest absolute Gasteiger partial charge is 0.488 e. The van der Waals surface area contributed by atoms with E-state index in [1.807, 2.05) is 0 Å². The third kappa shape index (κ3) is 2.50. The maximum Gasteiger partial charge on any atom is 0.120 e. The van der Waals surface area contributed by atoms with Crippen LogP contribution < -0.4 is 4.74 Å². The van der Waals surface area contributed by atoms with Gasteiger partial charge in [-0.2, -0.15) is 0 Å².